The molecular formula is C18H19N3O3S. The van der Waals surface area contributed by atoms with Gasteiger partial charge in [-0.2, -0.15) is 0 Å². The van der Waals surface area contributed by atoms with Crippen LogP contribution in [0.5, 0.6) is 0 Å². The van der Waals surface area contributed by atoms with E-state index in [0.29, 0.717) is 11.4 Å². The van der Waals surface area contributed by atoms with Crippen LogP contribution >= 0.6 is 0 Å². The molecule has 0 saturated carbocycles. The summed E-state index contributed by atoms with van der Waals surface area (Å²) in [5.41, 5.74) is 1.57. The van der Waals surface area contributed by atoms with Gasteiger partial charge in [0.2, 0.25) is 5.91 Å². The van der Waals surface area contributed by atoms with Crippen molar-refractivity contribution in [1.29, 1.82) is 0 Å². The first-order valence-corrected chi connectivity index (χ1v) is 9.46. The van der Waals surface area contributed by atoms with Gasteiger partial charge in [0.15, 0.2) is 0 Å². The number of fused-ring (bicyclic) bond motifs is 1. The molecule has 0 radical (unpaired) electrons. The Morgan fingerprint density at radius 1 is 1.12 bits per heavy atom. The lowest BCUT2D eigenvalue weighted by molar-refractivity contribution is -0.121. The number of nitrogens with zero attached hydrogens (tertiary/aromatic N) is 1. The fraction of sp³-hybridized carbons (Fsp3) is 0.222. The number of carbonyl (C=O) groups excluding carboxylic acids is 1. The first-order chi connectivity index (χ1) is 12.0. The summed E-state index contributed by atoms with van der Waals surface area (Å²) in [6.07, 6.45) is 0.185. The molecule has 0 aromatic heterocycles. The Morgan fingerprint density at radius 3 is 2.56 bits per heavy atom. The van der Waals surface area contributed by atoms with Crippen LogP contribution < -0.4 is 10.0 Å². The van der Waals surface area contributed by atoms with Gasteiger partial charge in [-0.25, -0.2) is 8.42 Å². The van der Waals surface area contributed by atoms with Crippen molar-refractivity contribution in [2.45, 2.75) is 24.3 Å². The highest BCUT2D eigenvalue weighted by atomic mass is 32.2. The van der Waals surface area contributed by atoms with E-state index in [1.807, 2.05) is 37.3 Å². The molecule has 0 aliphatic carbocycles. The number of amides is 1. The standard InChI is InChI=1S/C18H19N3O3S/c1-13(14-7-3-2-4-8-14)20-17(22)11-12-19-18-15-9-5-6-10-16(15)25(23,24)21-18/h2-10,13H,11-12H2,1H3,(H,19,21)(H,20,22)/t13-/m0/s1. The van der Waals surface area contributed by atoms with Crippen LogP contribution in [0.15, 0.2) is 64.5 Å². The number of aliphatic imine (C=N–C) groups is 1. The highest BCUT2D eigenvalue weighted by molar-refractivity contribution is 7.90. The molecule has 0 fully saturated rings. The summed E-state index contributed by atoms with van der Waals surface area (Å²) in [6.45, 7) is 2.13. The molecule has 1 aliphatic heterocycles. The summed E-state index contributed by atoms with van der Waals surface area (Å²) in [4.78, 5) is 16.5. The first kappa shape index (κ1) is 17.2. The summed E-state index contributed by atoms with van der Waals surface area (Å²) >= 11 is 0. The SMILES string of the molecule is C[C@H](NC(=O)CCN=C1NS(=O)(=O)c2ccccc21)c1ccccc1. The van der Waals surface area contributed by atoms with Crippen LogP contribution in [0.1, 0.15) is 30.5 Å². The van der Waals surface area contributed by atoms with Crippen molar-refractivity contribution < 1.29 is 13.2 Å². The van der Waals surface area contributed by atoms with E-state index < -0.39 is 10.0 Å². The molecule has 1 atom stereocenters. The minimum absolute atomic E-state index is 0.0907. The van der Waals surface area contributed by atoms with Crippen molar-refractivity contribution in [2.24, 2.45) is 4.99 Å². The van der Waals surface area contributed by atoms with Crippen LogP contribution in [-0.4, -0.2) is 26.7 Å². The summed E-state index contributed by atoms with van der Waals surface area (Å²) in [5.74, 6) is 0.161. The van der Waals surface area contributed by atoms with Gasteiger partial charge >= 0.3 is 0 Å². The molecule has 3 rings (SSSR count). The smallest absolute Gasteiger partial charge is 0.263 e. The van der Waals surface area contributed by atoms with E-state index in [1.54, 1.807) is 18.2 Å². The van der Waals surface area contributed by atoms with Gasteiger partial charge in [0.05, 0.1) is 17.5 Å². The summed E-state index contributed by atoms with van der Waals surface area (Å²) in [6, 6.07) is 16.2. The maximum atomic E-state index is 12.1. The highest BCUT2D eigenvalue weighted by Gasteiger charge is 2.29. The maximum absolute atomic E-state index is 12.1. The van der Waals surface area contributed by atoms with Gasteiger partial charge in [-0.3, -0.25) is 14.5 Å². The number of benzene rings is 2. The number of hydrogen-bond donors (Lipinski definition) is 2. The summed E-state index contributed by atoms with van der Waals surface area (Å²) in [5, 5.41) is 2.91. The fourth-order valence-electron chi connectivity index (χ4n) is 2.66. The van der Waals surface area contributed by atoms with E-state index in [1.165, 1.54) is 6.07 Å². The van der Waals surface area contributed by atoms with E-state index in [9.17, 15) is 13.2 Å². The molecular weight excluding hydrogens is 338 g/mol. The van der Waals surface area contributed by atoms with Gasteiger partial charge in [-0.1, -0.05) is 42.5 Å². The van der Waals surface area contributed by atoms with Gasteiger partial charge in [0.1, 0.15) is 5.84 Å². The lowest BCUT2D eigenvalue weighted by Gasteiger charge is -2.13. The largest absolute Gasteiger partial charge is 0.350 e. The topological polar surface area (TPSA) is 87.6 Å². The number of carbonyl (C=O) groups is 1. The molecule has 0 spiro atoms. The number of rotatable bonds is 5. The average Bonchev–Trinajstić information content (AvgIpc) is 2.87. The van der Waals surface area contributed by atoms with Crippen LogP contribution in [0, 0.1) is 0 Å². The zero-order valence-electron chi connectivity index (χ0n) is 13.8. The minimum Gasteiger partial charge on any atom is -0.350 e. The number of sulfonamides is 1. The van der Waals surface area contributed by atoms with Crippen molar-refractivity contribution in [3.05, 3.63) is 65.7 Å². The van der Waals surface area contributed by atoms with Gasteiger partial charge in [0.25, 0.3) is 10.0 Å². The van der Waals surface area contributed by atoms with Crippen molar-refractivity contribution in [3.8, 4) is 0 Å². The monoisotopic (exact) mass is 357 g/mol. The van der Waals surface area contributed by atoms with E-state index in [0.717, 1.165) is 5.56 Å². The molecule has 7 heteroatoms. The highest BCUT2D eigenvalue weighted by Crippen LogP contribution is 2.22. The molecule has 1 amide bonds. The Kier molecular flexibility index (Phi) is 4.85. The molecule has 0 unspecified atom stereocenters. The Bertz CT molecular complexity index is 908. The normalized spacial score (nSPS) is 17.6. The summed E-state index contributed by atoms with van der Waals surface area (Å²) in [7, 11) is -3.54. The molecule has 2 aromatic carbocycles. The Hall–Kier alpha value is -2.67. The minimum atomic E-state index is -3.54. The molecule has 2 N–H and O–H groups in total. The second-order valence-electron chi connectivity index (χ2n) is 5.78. The predicted octanol–water partition coefficient (Wildman–Crippen LogP) is 1.99. The molecule has 2 aromatic rings. The molecule has 0 saturated heterocycles. The van der Waals surface area contributed by atoms with Gasteiger partial charge < -0.3 is 5.32 Å². The average molecular weight is 357 g/mol. The molecule has 130 valence electrons. The molecule has 1 heterocycles. The quantitative estimate of drug-likeness (QED) is 0.858. The van der Waals surface area contributed by atoms with E-state index in [4.69, 9.17) is 0 Å². The van der Waals surface area contributed by atoms with Crippen molar-refractivity contribution >= 4 is 21.8 Å². The molecule has 1 aliphatic rings. The zero-order chi connectivity index (χ0) is 17.9. The van der Waals surface area contributed by atoms with Gasteiger partial charge in [-0.05, 0) is 24.6 Å². The first-order valence-electron chi connectivity index (χ1n) is 7.98. The van der Waals surface area contributed by atoms with Crippen molar-refractivity contribution in [3.63, 3.8) is 0 Å². The van der Waals surface area contributed by atoms with Gasteiger partial charge in [0, 0.05) is 12.0 Å². The zero-order valence-corrected chi connectivity index (χ0v) is 14.6. The van der Waals surface area contributed by atoms with E-state index in [2.05, 4.69) is 15.0 Å². The third-order valence-electron chi connectivity index (χ3n) is 3.95. The van der Waals surface area contributed by atoms with Crippen LogP contribution in [0.3, 0.4) is 0 Å². The third kappa shape index (κ3) is 3.88. The maximum Gasteiger partial charge on any atom is 0.263 e. The van der Waals surface area contributed by atoms with E-state index in [-0.39, 0.29) is 29.8 Å². The Morgan fingerprint density at radius 2 is 1.80 bits per heavy atom. The van der Waals surface area contributed by atoms with Crippen molar-refractivity contribution in [1.82, 2.24) is 10.0 Å². The van der Waals surface area contributed by atoms with Crippen LogP contribution in [-0.2, 0) is 14.8 Å². The Balaban J connectivity index is 1.60. The predicted molar refractivity (Wildman–Crippen MR) is 95.8 cm³/mol. The number of amidine groups is 1. The second kappa shape index (κ2) is 7.06. The fourth-order valence-corrected chi connectivity index (χ4v) is 3.91. The second-order valence-corrected chi connectivity index (χ2v) is 7.43. The third-order valence-corrected chi connectivity index (χ3v) is 5.35. The van der Waals surface area contributed by atoms with Crippen LogP contribution in [0.25, 0.3) is 0 Å². The Labute approximate surface area is 147 Å². The van der Waals surface area contributed by atoms with Crippen LogP contribution in [0.4, 0.5) is 0 Å². The number of nitrogens with one attached hydrogen (secondary N) is 2. The summed E-state index contributed by atoms with van der Waals surface area (Å²) < 4.78 is 26.4. The lowest BCUT2D eigenvalue weighted by Crippen LogP contribution is -2.27. The molecule has 0 bridgehead atoms. The van der Waals surface area contributed by atoms with Crippen LogP contribution in [0.2, 0.25) is 0 Å². The van der Waals surface area contributed by atoms with Gasteiger partial charge in [-0.15, -0.1) is 0 Å². The van der Waals surface area contributed by atoms with E-state index >= 15 is 0 Å². The van der Waals surface area contributed by atoms with Crippen molar-refractivity contribution in [2.75, 3.05) is 6.54 Å². The lowest BCUT2D eigenvalue weighted by atomic mass is 10.1. The number of hydrogen-bond acceptors (Lipinski definition) is 4. The molecule has 6 nitrogen and oxygen atoms in total. The molecule has 25 heavy (non-hydrogen) atoms.